The molecule has 0 radical (unpaired) electrons. The normalized spacial score (nSPS) is 13.3. The molecular formula is C19H27NO. The van der Waals surface area contributed by atoms with E-state index in [4.69, 9.17) is 4.74 Å². The maximum Gasteiger partial charge on any atom is 0.127 e. The molecule has 1 atom stereocenters. The molecule has 2 aromatic rings. The van der Waals surface area contributed by atoms with Crippen molar-refractivity contribution in [3.05, 3.63) is 42.5 Å². The molecule has 0 spiro atoms. The first-order chi connectivity index (χ1) is 10.0. The minimum absolute atomic E-state index is 0.180. The van der Waals surface area contributed by atoms with Gasteiger partial charge in [0.05, 0.1) is 0 Å². The molecule has 0 saturated carbocycles. The fourth-order valence-corrected chi connectivity index (χ4v) is 2.43. The number of nitrogens with one attached hydrogen (secondary N) is 1. The Labute approximate surface area is 128 Å². The van der Waals surface area contributed by atoms with Gasteiger partial charge >= 0.3 is 0 Å². The van der Waals surface area contributed by atoms with Crippen LogP contribution in [0, 0.1) is 5.41 Å². The Hall–Kier alpha value is -1.54. The van der Waals surface area contributed by atoms with E-state index in [9.17, 15) is 0 Å². The number of rotatable bonds is 6. The molecule has 21 heavy (non-hydrogen) atoms. The second-order valence-electron chi connectivity index (χ2n) is 6.66. The van der Waals surface area contributed by atoms with Crippen molar-refractivity contribution in [2.75, 3.05) is 13.2 Å². The zero-order valence-corrected chi connectivity index (χ0v) is 13.6. The lowest BCUT2D eigenvalue weighted by Crippen LogP contribution is -2.45. The van der Waals surface area contributed by atoms with E-state index in [1.54, 1.807) is 0 Å². The highest BCUT2D eigenvalue weighted by atomic mass is 16.5. The van der Waals surface area contributed by atoms with Crippen LogP contribution in [0.5, 0.6) is 5.75 Å². The molecule has 0 aliphatic heterocycles. The van der Waals surface area contributed by atoms with Gasteiger partial charge in [-0.25, -0.2) is 0 Å². The molecule has 114 valence electrons. The van der Waals surface area contributed by atoms with Crippen LogP contribution in [0.25, 0.3) is 10.8 Å². The van der Waals surface area contributed by atoms with Crippen LogP contribution in [-0.4, -0.2) is 19.2 Å². The highest BCUT2D eigenvalue weighted by Gasteiger charge is 2.24. The van der Waals surface area contributed by atoms with E-state index in [1.165, 1.54) is 10.8 Å². The van der Waals surface area contributed by atoms with Crippen LogP contribution in [-0.2, 0) is 0 Å². The van der Waals surface area contributed by atoms with Crippen molar-refractivity contribution in [1.29, 1.82) is 0 Å². The van der Waals surface area contributed by atoms with Gasteiger partial charge in [-0.2, -0.15) is 0 Å². The average Bonchev–Trinajstić information content (AvgIpc) is 2.46. The molecule has 1 N–H and O–H groups in total. The summed E-state index contributed by atoms with van der Waals surface area (Å²) in [6, 6.07) is 15.0. The molecule has 0 amide bonds. The summed E-state index contributed by atoms with van der Waals surface area (Å²) in [5, 5.41) is 6.01. The molecule has 0 bridgehead atoms. The second kappa shape index (κ2) is 6.95. The van der Waals surface area contributed by atoms with Crippen molar-refractivity contribution in [3.63, 3.8) is 0 Å². The van der Waals surface area contributed by atoms with Gasteiger partial charge in [0.15, 0.2) is 0 Å². The first kappa shape index (κ1) is 15.8. The molecule has 2 aromatic carbocycles. The topological polar surface area (TPSA) is 21.3 Å². The number of ether oxygens (including phenoxy) is 1. The summed E-state index contributed by atoms with van der Waals surface area (Å²) in [6.07, 6.45) is 1.14. The predicted molar refractivity (Wildman–Crippen MR) is 91.0 cm³/mol. The maximum absolute atomic E-state index is 6.14. The Morgan fingerprint density at radius 2 is 1.76 bits per heavy atom. The van der Waals surface area contributed by atoms with Crippen LogP contribution in [0.15, 0.2) is 42.5 Å². The fourth-order valence-electron chi connectivity index (χ4n) is 2.43. The Morgan fingerprint density at radius 3 is 2.48 bits per heavy atom. The van der Waals surface area contributed by atoms with Crippen LogP contribution in [0.1, 0.15) is 34.1 Å². The summed E-state index contributed by atoms with van der Waals surface area (Å²) >= 11 is 0. The number of hydrogen-bond acceptors (Lipinski definition) is 2. The first-order valence-corrected chi connectivity index (χ1v) is 7.86. The second-order valence-corrected chi connectivity index (χ2v) is 6.66. The summed E-state index contributed by atoms with van der Waals surface area (Å²) < 4.78 is 6.14. The van der Waals surface area contributed by atoms with Gasteiger partial charge in [0.1, 0.15) is 12.4 Å². The zero-order chi connectivity index (χ0) is 15.3. The molecular weight excluding hydrogens is 258 g/mol. The van der Waals surface area contributed by atoms with E-state index in [0.29, 0.717) is 12.6 Å². The van der Waals surface area contributed by atoms with Crippen LogP contribution < -0.4 is 10.1 Å². The van der Waals surface area contributed by atoms with Gasteiger partial charge in [0.2, 0.25) is 0 Å². The third-order valence-electron chi connectivity index (χ3n) is 3.84. The van der Waals surface area contributed by atoms with Crippen LogP contribution in [0.3, 0.4) is 0 Å². The van der Waals surface area contributed by atoms with E-state index in [2.05, 4.69) is 75.5 Å². The summed E-state index contributed by atoms with van der Waals surface area (Å²) in [6.45, 7) is 10.7. The summed E-state index contributed by atoms with van der Waals surface area (Å²) in [5.41, 5.74) is 0.180. The SMILES string of the molecule is CCCNC(COc1cccc2ccccc12)C(C)(C)C. The Kier molecular flexibility index (Phi) is 5.24. The predicted octanol–water partition coefficient (Wildman–Crippen LogP) is 4.63. The van der Waals surface area contributed by atoms with E-state index in [-0.39, 0.29) is 5.41 Å². The highest BCUT2D eigenvalue weighted by Crippen LogP contribution is 2.27. The lowest BCUT2D eigenvalue weighted by atomic mass is 9.87. The number of benzene rings is 2. The lowest BCUT2D eigenvalue weighted by Gasteiger charge is -2.31. The monoisotopic (exact) mass is 285 g/mol. The number of hydrogen-bond donors (Lipinski definition) is 1. The maximum atomic E-state index is 6.14. The van der Waals surface area contributed by atoms with Crippen LogP contribution >= 0.6 is 0 Å². The summed E-state index contributed by atoms with van der Waals surface area (Å²) in [5.74, 6) is 0.973. The van der Waals surface area contributed by atoms with Crippen molar-refractivity contribution >= 4 is 10.8 Å². The summed E-state index contributed by atoms with van der Waals surface area (Å²) in [4.78, 5) is 0. The van der Waals surface area contributed by atoms with Gasteiger partial charge in [-0.15, -0.1) is 0 Å². The van der Waals surface area contributed by atoms with Gasteiger partial charge < -0.3 is 10.1 Å². The van der Waals surface area contributed by atoms with Gasteiger partial charge in [-0.05, 0) is 29.8 Å². The number of fused-ring (bicyclic) bond motifs is 1. The van der Waals surface area contributed by atoms with Crippen molar-refractivity contribution in [2.45, 2.75) is 40.2 Å². The lowest BCUT2D eigenvalue weighted by molar-refractivity contribution is 0.175. The quantitative estimate of drug-likeness (QED) is 0.835. The van der Waals surface area contributed by atoms with Crippen molar-refractivity contribution in [3.8, 4) is 5.75 Å². The van der Waals surface area contributed by atoms with E-state index < -0.39 is 0 Å². The Morgan fingerprint density at radius 1 is 1.05 bits per heavy atom. The average molecular weight is 285 g/mol. The fraction of sp³-hybridized carbons (Fsp3) is 0.474. The van der Waals surface area contributed by atoms with Crippen LogP contribution in [0.4, 0.5) is 0 Å². The largest absolute Gasteiger partial charge is 0.491 e. The third-order valence-corrected chi connectivity index (χ3v) is 3.84. The molecule has 0 heterocycles. The minimum Gasteiger partial charge on any atom is -0.491 e. The molecule has 0 aromatic heterocycles. The molecule has 0 aliphatic rings. The standard InChI is InChI=1S/C19H27NO/c1-5-13-20-18(19(2,3)4)14-21-17-12-8-10-15-9-6-7-11-16(15)17/h6-12,18,20H,5,13-14H2,1-4H3. The third kappa shape index (κ3) is 4.21. The van der Waals surface area contributed by atoms with E-state index in [1.807, 2.05) is 0 Å². The van der Waals surface area contributed by atoms with Gasteiger partial charge in [-0.3, -0.25) is 0 Å². The zero-order valence-electron chi connectivity index (χ0n) is 13.6. The Balaban J connectivity index is 2.12. The van der Waals surface area contributed by atoms with E-state index >= 15 is 0 Å². The molecule has 1 unspecified atom stereocenters. The van der Waals surface area contributed by atoms with Gasteiger partial charge in [0.25, 0.3) is 0 Å². The van der Waals surface area contributed by atoms with Gasteiger partial charge in [0, 0.05) is 11.4 Å². The van der Waals surface area contributed by atoms with Gasteiger partial charge in [-0.1, -0.05) is 64.1 Å². The van der Waals surface area contributed by atoms with Crippen molar-refractivity contribution < 1.29 is 4.74 Å². The van der Waals surface area contributed by atoms with Crippen LogP contribution in [0.2, 0.25) is 0 Å². The van der Waals surface area contributed by atoms with E-state index in [0.717, 1.165) is 18.7 Å². The smallest absolute Gasteiger partial charge is 0.127 e. The van der Waals surface area contributed by atoms with Crippen molar-refractivity contribution in [1.82, 2.24) is 5.32 Å². The molecule has 0 saturated heterocycles. The first-order valence-electron chi connectivity index (χ1n) is 7.86. The summed E-state index contributed by atoms with van der Waals surface area (Å²) in [7, 11) is 0. The molecule has 0 aliphatic carbocycles. The highest BCUT2D eigenvalue weighted by molar-refractivity contribution is 5.88. The minimum atomic E-state index is 0.180. The molecule has 0 fully saturated rings. The molecule has 2 nitrogen and oxygen atoms in total. The molecule has 2 heteroatoms. The molecule has 2 rings (SSSR count). The van der Waals surface area contributed by atoms with Crippen molar-refractivity contribution in [2.24, 2.45) is 5.41 Å². The Bertz CT molecular complexity index is 566.